The lowest BCUT2D eigenvalue weighted by atomic mass is 10.2. The van der Waals surface area contributed by atoms with Crippen molar-refractivity contribution in [1.29, 1.82) is 0 Å². The molecule has 1 fully saturated rings. The van der Waals surface area contributed by atoms with Crippen LogP contribution in [0.25, 0.3) is 0 Å². The van der Waals surface area contributed by atoms with Crippen molar-refractivity contribution in [3.8, 4) is 0 Å². The van der Waals surface area contributed by atoms with E-state index < -0.39 is 0 Å². The Hall–Kier alpha value is -1.08. The van der Waals surface area contributed by atoms with Crippen molar-refractivity contribution in [2.75, 3.05) is 26.2 Å². The van der Waals surface area contributed by atoms with E-state index in [-0.39, 0.29) is 12.5 Å². The van der Waals surface area contributed by atoms with Gasteiger partial charge in [-0.3, -0.25) is 14.4 Å². The number of hydrogen-bond donors (Lipinski definition) is 0. The molecule has 1 aromatic heterocycles. The van der Waals surface area contributed by atoms with Crippen LogP contribution in [-0.4, -0.2) is 51.7 Å². The molecule has 0 saturated carbocycles. The number of hydrogen-bond acceptors (Lipinski definition) is 3. The maximum Gasteiger partial charge on any atom is 0.244 e. The van der Waals surface area contributed by atoms with E-state index in [0.717, 1.165) is 28.8 Å². The monoisotopic (exact) mass is 444 g/mol. The highest BCUT2D eigenvalue weighted by atomic mass is 79.9. The van der Waals surface area contributed by atoms with Crippen molar-refractivity contribution in [3.05, 3.63) is 50.2 Å². The van der Waals surface area contributed by atoms with Crippen molar-refractivity contribution >= 4 is 45.0 Å². The molecule has 2 aromatic rings. The maximum atomic E-state index is 12.5. The van der Waals surface area contributed by atoms with Gasteiger partial charge in [-0.15, -0.1) is 0 Å². The van der Waals surface area contributed by atoms with Gasteiger partial charge >= 0.3 is 0 Å². The van der Waals surface area contributed by atoms with Crippen molar-refractivity contribution in [1.82, 2.24) is 19.6 Å². The minimum Gasteiger partial charge on any atom is -0.339 e. The van der Waals surface area contributed by atoms with E-state index >= 15 is 0 Å². The Labute approximate surface area is 165 Å². The largest absolute Gasteiger partial charge is 0.339 e. The quantitative estimate of drug-likeness (QED) is 0.721. The highest BCUT2D eigenvalue weighted by molar-refractivity contribution is 9.10. The Morgan fingerprint density at radius 2 is 1.84 bits per heavy atom. The number of carbonyl (C=O) groups excluding carboxylic acids is 1. The standard InChI is InChI=1S/C17H19BrCl2N4O/c1-12-14(18)9-21-24(12)11-17(25)23-7-5-22(6-8-23)10-13-15(19)3-2-4-16(13)20/h2-4,9H,5-8,10-11H2,1H3. The summed E-state index contributed by atoms with van der Waals surface area (Å²) in [6.07, 6.45) is 1.72. The summed E-state index contributed by atoms with van der Waals surface area (Å²) in [6.45, 7) is 5.91. The van der Waals surface area contributed by atoms with E-state index in [1.165, 1.54) is 0 Å². The fraction of sp³-hybridized carbons (Fsp3) is 0.412. The van der Waals surface area contributed by atoms with Gasteiger partial charge in [0.25, 0.3) is 0 Å². The van der Waals surface area contributed by atoms with Gasteiger partial charge in [-0.1, -0.05) is 29.3 Å². The first-order chi connectivity index (χ1) is 12.0. The predicted molar refractivity (Wildman–Crippen MR) is 103 cm³/mol. The van der Waals surface area contributed by atoms with Gasteiger partial charge in [0.2, 0.25) is 5.91 Å². The molecule has 1 saturated heterocycles. The molecular formula is C17H19BrCl2N4O. The molecule has 0 unspecified atom stereocenters. The fourth-order valence-corrected chi connectivity index (χ4v) is 3.69. The van der Waals surface area contributed by atoms with Crippen LogP contribution in [-0.2, 0) is 17.9 Å². The molecule has 0 N–H and O–H groups in total. The van der Waals surface area contributed by atoms with Crippen LogP contribution in [0.4, 0.5) is 0 Å². The van der Waals surface area contributed by atoms with Crippen molar-refractivity contribution < 1.29 is 4.79 Å². The Balaban J connectivity index is 1.55. The zero-order valence-corrected chi connectivity index (χ0v) is 17.0. The Kier molecular flexibility index (Phi) is 6.04. The molecule has 0 aliphatic carbocycles. The summed E-state index contributed by atoms with van der Waals surface area (Å²) < 4.78 is 2.64. The predicted octanol–water partition coefficient (Wildman–Crippen LogP) is 3.61. The van der Waals surface area contributed by atoms with Gasteiger partial charge < -0.3 is 4.90 Å². The Morgan fingerprint density at radius 3 is 2.40 bits per heavy atom. The van der Waals surface area contributed by atoms with E-state index in [2.05, 4.69) is 25.9 Å². The zero-order valence-electron chi connectivity index (χ0n) is 13.9. The molecule has 3 rings (SSSR count). The normalized spacial score (nSPS) is 15.6. The van der Waals surface area contributed by atoms with E-state index in [4.69, 9.17) is 23.2 Å². The number of aromatic nitrogens is 2. The number of carbonyl (C=O) groups is 1. The molecule has 2 heterocycles. The summed E-state index contributed by atoms with van der Waals surface area (Å²) in [7, 11) is 0. The third kappa shape index (κ3) is 4.37. The third-order valence-electron chi connectivity index (χ3n) is 4.50. The highest BCUT2D eigenvalue weighted by Gasteiger charge is 2.23. The molecule has 1 amide bonds. The van der Waals surface area contributed by atoms with Crippen LogP contribution in [0, 0.1) is 6.92 Å². The number of piperazine rings is 1. The number of rotatable bonds is 4. The number of amides is 1. The van der Waals surface area contributed by atoms with Crippen LogP contribution in [0.5, 0.6) is 0 Å². The van der Waals surface area contributed by atoms with E-state index in [1.54, 1.807) is 10.9 Å². The van der Waals surface area contributed by atoms with Crippen LogP contribution in [0.1, 0.15) is 11.3 Å². The molecule has 1 aliphatic rings. The smallest absolute Gasteiger partial charge is 0.244 e. The molecular weight excluding hydrogens is 427 g/mol. The second-order valence-corrected chi connectivity index (χ2v) is 7.76. The van der Waals surface area contributed by atoms with Crippen LogP contribution in [0.3, 0.4) is 0 Å². The van der Waals surface area contributed by atoms with Crippen LogP contribution < -0.4 is 0 Å². The maximum absolute atomic E-state index is 12.5. The van der Waals surface area contributed by atoms with E-state index in [0.29, 0.717) is 29.7 Å². The highest BCUT2D eigenvalue weighted by Crippen LogP contribution is 2.26. The number of halogens is 3. The molecule has 0 bridgehead atoms. The second kappa shape index (κ2) is 8.08. The lowest BCUT2D eigenvalue weighted by Crippen LogP contribution is -2.49. The first kappa shape index (κ1) is 18.7. The van der Waals surface area contributed by atoms with Gasteiger partial charge in [-0.05, 0) is 35.0 Å². The topological polar surface area (TPSA) is 41.4 Å². The van der Waals surface area contributed by atoms with Gasteiger partial charge in [0.1, 0.15) is 6.54 Å². The van der Waals surface area contributed by atoms with Gasteiger partial charge in [-0.2, -0.15) is 5.10 Å². The van der Waals surface area contributed by atoms with E-state index in [1.807, 2.05) is 30.0 Å². The van der Waals surface area contributed by atoms with Crippen molar-refractivity contribution in [2.45, 2.75) is 20.0 Å². The van der Waals surface area contributed by atoms with Gasteiger partial charge in [0.05, 0.1) is 16.4 Å². The van der Waals surface area contributed by atoms with Gasteiger partial charge in [0.15, 0.2) is 0 Å². The summed E-state index contributed by atoms with van der Waals surface area (Å²) in [5, 5.41) is 5.59. The lowest BCUT2D eigenvalue weighted by molar-refractivity contribution is -0.133. The SMILES string of the molecule is Cc1c(Br)cnn1CC(=O)N1CCN(Cc2c(Cl)cccc2Cl)CC1. The summed E-state index contributed by atoms with van der Waals surface area (Å²) in [5.41, 5.74) is 1.91. The number of benzene rings is 1. The average molecular weight is 446 g/mol. The molecule has 0 spiro atoms. The summed E-state index contributed by atoms with van der Waals surface area (Å²) in [4.78, 5) is 16.7. The molecule has 25 heavy (non-hydrogen) atoms. The molecule has 1 aromatic carbocycles. The first-order valence-electron chi connectivity index (χ1n) is 8.06. The minimum atomic E-state index is 0.0918. The molecule has 0 radical (unpaired) electrons. The zero-order chi connectivity index (χ0) is 18.0. The Bertz CT molecular complexity index is 752. The van der Waals surface area contributed by atoms with Crippen LogP contribution in [0.2, 0.25) is 10.0 Å². The average Bonchev–Trinajstić information content (AvgIpc) is 2.91. The van der Waals surface area contributed by atoms with Crippen molar-refractivity contribution in [2.24, 2.45) is 0 Å². The van der Waals surface area contributed by atoms with Crippen LogP contribution in [0.15, 0.2) is 28.9 Å². The van der Waals surface area contributed by atoms with E-state index in [9.17, 15) is 4.79 Å². The molecule has 1 aliphatic heterocycles. The van der Waals surface area contributed by atoms with Gasteiger partial charge in [0, 0.05) is 48.3 Å². The minimum absolute atomic E-state index is 0.0918. The van der Waals surface area contributed by atoms with Gasteiger partial charge in [-0.25, -0.2) is 0 Å². The lowest BCUT2D eigenvalue weighted by Gasteiger charge is -2.35. The summed E-state index contributed by atoms with van der Waals surface area (Å²) in [6, 6.07) is 5.56. The molecule has 8 heteroatoms. The molecule has 134 valence electrons. The third-order valence-corrected chi connectivity index (χ3v) is 5.98. The fourth-order valence-electron chi connectivity index (χ4n) is 2.87. The summed E-state index contributed by atoms with van der Waals surface area (Å²) in [5.74, 6) is 0.0918. The first-order valence-corrected chi connectivity index (χ1v) is 9.61. The second-order valence-electron chi connectivity index (χ2n) is 6.09. The number of nitrogens with zero attached hydrogens (tertiary/aromatic N) is 4. The molecule has 5 nitrogen and oxygen atoms in total. The Morgan fingerprint density at radius 1 is 1.20 bits per heavy atom. The van der Waals surface area contributed by atoms with Crippen molar-refractivity contribution in [3.63, 3.8) is 0 Å². The molecule has 0 atom stereocenters. The summed E-state index contributed by atoms with van der Waals surface area (Å²) >= 11 is 15.9. The van der Waals surface area contributed by atoms with Crippen LogP contribution >= 0.6 is 39.1 Å².